The lowest BCUT2D eigenvalue weighted by Crippen LogP contribution is -2.19. The topological polar surface area (TPSA) is 52.0 Å². The minimum absolute atomic E-state index is 0.491. The van der Waals surface area contributed by atoms with Gasteiger partial charge in [-0.15, -0.1) is 0 Å². The van der Waals surface area contributed by atoms with Gasteiger partial charge < -0.3 is 11.5 Å². The first kappa shape index (κ1) is 11.7. The van der Waals surface area contributed by atoms with Crippen molar-refractivity contribution >= 4 is 0 Å². The van der Waals surface area contributed by atoms with Gasteiger partial charge in [0.2, 0.25) is 0 Å². The van der Waals surface area contributed by atoms with Gasteiger partial charge in [-0.3, -0.25) is 0 Å². The van der Waals surface area contributed by atoms with Crippen molar-refractivity contribution in [3.8, 4) is 0 Å². The van der Waals surface area contributed by atoms with Crippen LogP contribution in [0.2, 0.25) is 0 Å². The fourth-order valence-electron chi connectivity index (χ4n) is 0.0962. The van der Waals surface area contributed by atoms with E-state index in [1.807, 2.05) is 6.92 Å². The van der Waals surface area contributed by atoms with E-state index in [-0.39, 0.29) is 0 Å². The van der Waals surface area contributed by atoms with Gasteiger partial charge in [0, 0.05) is 0 Å². The van der Waals surface area contributed by atoms with Crippen LogP contribution >= 0.6 is 0 Å². The van der Waals surface area contributed by atoms with Crippen LogP contribution in [0.15, 0.2) is 0 Å². The Morgan fingerprint density at radius 1 is 1.11 bits per heavy atom. The van der Waals surface area contributed by atoms with Crippen LogP contribution in [-0.2, 0) is 0 Å². The monoisotopic (exact) mass is 132 g/mol. The highest BCUT2D eigenvalue weighted by molar-refractivity contribution is 4.49. The van der Waals surface area contributed by atoms with Crippen molar-refractivity contribution in [2.45, 2.75) is 27.2 Å². The molecule has 0 fully saturated rings. The van der Waals surface area contributed by atoms with Crippen LogP contribution in [0.25, 0.3) is 0 Å². The molecule has 0 aliphatic rings. The molecule has 2 nitrogen and oxygen atoms in total. The zero-order valence-electron chi connectivity index (χ0n) is 6.85. The molecule has 0 heterocycles. The van der Waals surface area contributed by atoms with Gasteiger partial charge in [0.15, 0.2) is 0 Å². The Morgan fingerprint density at radius 3 is 1.33 bits per heavy atom. The number of hydrogen-bond donors (Lipinski definition) is 2. The Kier molecular flexibility index (Phi) is 14.0. The zero-order valence-corrected chi connectivity index (χ0v) is 6.85. The molecule has 0 aliphatic heterocycles. The molecule has 0 aromatic carbocycles. The van der Waals surface area contributed by atoms with Crippen molar-refractivity contribution in [3.05, 3.63) is 0 Å². The number of nitrogens with two attached hydrogens (primary N) is 2. The molecule has 0 saturated heterocycles. The lowest BCUT2D eigenvalue weighted by Gasteiger charge is -1.99. The van der Waals surface area contributed by atoms with Crippen molar-refractivity contribution < 1.29 is 0 Å². The van der Waals surface area contributed by atoms with Crippen LogP contribution in [0.1, 0.15) is 27.2 Å². The largest absolute Gasteiger partial charge is 0.330 e. The molecule has 0 rings (SSSR count). The van der Waals surface area contributed by atoms with Crippen molar-refractivity contribution in [1.29, 1.82) is 0 Å². The summed E-state index contributed by atoms with van der Waals surface area (Å²) in [5.74, 6) is 0.491. The molecule has 4 N–H and O–H groups in total. The van der Waals surface area contributed by atoms with E-state index in [2.05, 4.69) is 13.8 Å². The summed E-state index contributed by atoms with van der Waals surface area (Å²) in [5, 5.41) is 0. The summed E-state index contributed by atoms with van der Waals surface area (Å²) in [6.45, 7) is 7.69. The maximum absolute atomic E-state index is 5.20. The van der Waals surface area contributed by atoms with Gasteiger partial charge in [-0.05, 0) is 19.0 Å². The Labute approximate surface area is 58.6 Å². The van der Waals surface area contributed by atoms with Crippen molar-refractivity contribution in [2.24, 2.45) is 17.4 Å². The van der Waals surface area contributed by atoms with Crippen LogP contribution in [0, 0.1) is 5.92 Å². The molecular formula is C7H20N2. The van der Waals surface area contributed by atoms with E-state index in [4.69, 9.17) is 11.5 Å². The Morgan fingerprint density at radius 2 is 1.33 bits per heavy atom. The van der Waals surface area contributed by atoms with Gasteiger partial charge in [0.1, 0.15) is 0 Å². The minimum atomic E-state index is 0.491. The molecule has 0 spiro atoms. The van der Waals surface area contributed by atoms with Crippen LogP contribution in [-0.4, -0.2) is 13.1 Å². The second-order valence-electron chi connectivity index (χ2n) is 2.28. The predicted molar refractivity (Wildman–Crippen MR) is 43.2 cm³/mol. The highest BCUT2D eigenvalue weighted by atomic mass is 14.6. The van der Waals surface area contributed by atoms with E-state index in [9.17, 15) is 0 Å². The standard InChI is InChI=1S/C4H12N2.C3H8/c1-4(2-5)3-6;1-3-2/h4H,2-3,5-6H2,1H3;3H2,1-2H3. The molecule has 0 atom stereocenters. The van der Waals surface area contributed by atoms with Gasteiger partial charge in [0.25, 0.3) is 0 Å². The first-order valence-electron chi connectivity index (χ1n) is 3.62. The summed E-state index contributed by atoms with van der Waals surface area (Å²) in [6.07, 6.45) is 1.25. The van der Waals surface area contributed by atoms with E-state index in [1.165, 1.54) is 6.42 Å². The highest BCUT2D eigenvalue weighted by Crippen LogP contribution is 1.81. The van der Waals surface area contributed by atoms with Gasteiger partial charge in [-0.1, -0.05) is 27.2 Å². The van der Waals surface area contributed by atoms with Crippen LogP contribution < -0.4 is 11.5 Å². The molecule has 0 aliphatic carbocycles. The second kappa shape index (κ2) is 10.8. The molecule has 0 bridgehead atoms. The van der Waals surface area contributed by atoms with E-state index in [0.717, 1.165) is 0 Å². The molecule has 0 aromatic heterocycles. The van der Waals surface area contributed by atoms with Crippen molar-refractivity contribution in [1.82, 2.24) is 0 Å². The fourth-order valence-corrected chi connectivity index (χ4v) is 0.0962. The second-order valence-corrected chi connectivity index (χ2v) is 2.28. The number of rotatable bonds is 2. The molecule has 0 unspecified atom stereocenters. The quantitative estimate of drug-likeness (QED) is 0.588. The van der Waals surface area contributed by atoms with Crippen molar-refractivity contribution in [2.75, 3.05) is 13.1 Å². The van der Waals surface area contributed by atoms with Crippen LogP contribution in [0.5, 0.6) is 0 Å². The molecule has 9 heavy (non-hydrogen) atoms. The van der Waals surface area contributed by atoms with E-state index >= 15 is 0 Å². The summed E-state index contributed by atoms with van der Waals surface area (Å²) < 4.78 is 0. The molecule has 0 saturated carbocycles. The summed E-state index contributed by atoms with van der Waals surface area (Å²) in [4.78, 5) is 0. The Balaban J connectivity index is 0. The molecule has 0 radical (unpaired) electrons. The first-order valence-corrected chi connectivity index (χ1v) is 3.62. The predicted octanol–water partition coefficient (Wildman–Crippen LogP) is 0.956. The lowest BCUT2D eigenvalue weighted by molar-refractivity contribution is 0.608. The van der Waals surface area contributed by atoms with Gasteiger partial charge in [0.05, 0.1) is 0 Å². The average Bonchev–Trinajstić information content (AvgIpc) is 1.88. The van der Waals surface area contributed by atoms with E-state index in [1.54, 1.807) is 0 Å². The molecule has 58 valence electrons. The third kappa shape index (κ3) is 18.1. The molecule has 0 aromatic rings. The number of hydrogen-bond acceptors (Lipinski definition) is 2. The van der Waals surface area contributed by atoms with Gasteiger partial charge in [-0.25, -0.2) is 0 Å². The maximum atomic E-state index is 5.20. The van der Waals surface area contributed by atoms with E-state index < -0.39 is 0 Å². The first-order chi connectivity index (χ1) is 4.22. The fraction of sp³-hybridized carbons (Fsp3) is 1.00. The molecule has 2 heteroatoms. The zero-order chi connectivity index (χ0) is 7.70. The minimum Gasteiger partial charge on any atom is -0.330 e. The highest BCUT2D eigenvalue weighted by Gasteiger charge is 1.89. The Hall–Kier alpha value is -0.0800. The normalized spacial score (nSPS) is 8.67. The average molecular weight is 132 g/mol. The van der Waals surface area contributed by atoms with Crippen LogP contribution in [0.3, 0.4) is 0 Å². The summed E-state index contributed by atoms with van der Waals surface area (Å²) in [5.41, 5.74) is 10.4. The third-order valence-corrected chi connectivity index (χ3v) is 0.805. The smallest absolute Gasteiger partial charge is 0.00395 e. The Bertz CT molecular complexity index is 33.9. The van der Waals surface area contributed by atoms with Crippen molar-refractivity contribution in [3.63, 3.8) is 0 Å². The SMILES string of the molecule is CC(CN)CN.CCC. The summed E-state index contributed by atoms with van der Waals surface area (Å²) >= 11 is 0. The molecular weight excluding hydrogens is 112 g/mol. The summed E-state index contributed by atoms with van der Waals surface area (Å²) in [7, 11) is 0. The summed E-state index contributed by atoms with van der Waals surface area (Å²) in [6, 6.07) is 0. The molecule has 0 amide bonds. The maximum Gasteiger partial charge on any atom is -0.00395 e. The lowest BCUT2D eigenvalue weighted by atomic mass is 10.2. The van der Waals surface area contributed by atoms with Gasteiger partial charge >= 0.3 is 0 Å². The van der Waals surface area contributed by atoms with Crippen LogP contribution in [0.4, 0.5) is 0 Å². The third-order valence-electron chi connectivity index (χ3n) is 0.805. The van der Waals surface area contributed by atoms with E-state index in [0.29, 0.717) is 19.0 Å². The van der Waals surface area contributed by atoms with Gasteiger partial charge in [-0.2, -0.15) is 0 Å².